The van der Waals surface area contributed by atoms with Crippen molar-refractivity contribution in [2.24, 2.45) is 4.99 Å². The lowest BCUT2D eigenvalue weighted by atomic mass is 9.95. The number of thiazole rings is 1. The number of allylic oxidation sites excluding steroid dienone is 1. The summed E-state index contributed by atoms with van der Waals surface area (Å²) >= 11 is 1.27. The van der Waals surface area contributed by atoms with Gasteiger partial charge in [-0.3, -0.25) is 9.36 Å². The van der Waals surface area contributed by atoms with Crippen LogP contribution in [0.25, 0.3) is 16.8 Å². The van der Waals surface area contributed by atoms with Crippen molar-refractivity contribution in [2.45, 2.75) is 32.9 Å². The van der Waals surface area contributed by atoms with Crippen molar-refractivity contribution in [1.82, 2.24) is 4.57 Å². The van der Waals surface area contributed by atoms with Crippen LogP contribution in [0.15, 0.2) is 87.8 Å². The highest BCUT2D eigenvalue weighted by atomic mass is 32.1. The Bertz CT molecular complexity index is 1770. The highest BCUT2D eigenvalue weighted by Crippen LogP contribution is 2.31. The molecule has 0 N–H and O–H groups in total. The SMILES string of the molecule is COC(=O)c1ccc(C2C(C(=O)OC(C)C)=C(C)N=c3sc(=Cc4cccc5ccccc45)c(=O)n32)cc1. The first-order valence-corrected chi connectivity index (χ1v) is 13.0. The van der Waals surface area contributed by atoms with Gasteiger partial charge in [-0.2, -0.15) is 0 Å². The molecule has 7 nitrogen and oxygen atoms in total. The largest absolute Gasteiger partial charge is 0.465 e. The Kier molecular flexibility index (Phi) is 6.82. The van der Waals surface area contributed by atoms with E-state index in [1.165, 1.54) is 18.4 Å². The van der Waals surface area contributed by atoms with Crippen molar-refractivity contribution in [1.29, 1.82) is 0 Å². The molecule has 1 aliphatic rings. The van der Waals surface area contributed by atoms with Gasteiger partial charge in [0.2, 0.25) is 0 Å². The fourth-order valence-corrected chi connectivity index (χ4v) is 5.65. The molecule has 38 heavy (non-hydrogen) atoms. The number of hydrogen-bond donors (Lipinski definition) is 0. The number of ether oxygens (including phenoxy) is 2. The molecule has 3 aromatic carbocycles. The summed E-state index contributed by atoms with van der Waals surface area (Å²) in [4.78, 5) is 44.3. The zero-order chi connectivity index (χ0) is 27.0. The summed E-state index contributed by atoms with van der Waals surface area (Å²) in [5, 5.41) is 2.11. The minimum Gasteiger partial charge on any atom is -0.465 e. The van der Waals surface area contributed by atoms with Gasteiger partial charge in [0, 0.05) is 0 Å². The number of carbonyl (C=O) groups excluding carboxylic acids is 2. The fourth-order valence-electron chi connectivity index (χ4n) is 4.61. The summed E-state index contributed by atoms with van der Waals surface area (Å²) < 4.78 is 12.4. The van der Waals surface area contributed by atoms with E-state index >= 15 is 0 Å². The minimum atomic E-state index is -0.765. The van der Waals surface area contributed by atoms with E-state index in [9.17, 15) is 14.4 Å². The lowest BCUT2D eigenvalue weighted by molar-refractivity contribution is -0.143. The number of hydrogen-bond acceptors (Lipinski definition) is 7. The van der Waals surface area contributed by atoms with Crippen LogP contribution in [-0.4, -0.2) is 29.7 Å². The van der Waals surface area contributed by atoms with Crippen LogP contribution in [0.4, 0.5) is 0 Å². The molecule has 0 saturated carbocycles. The molecule has 192 valence electrons. The molecule has 0 amide bonds. The van der Waals surface area contributed by atoms with Crippen molar-refractivity contribution >= 4 is 40.1 Å². The van der Waals surface area contributed by atoms with E-state index in [1.54, 1.807) is 49.6 Å². The summed E-state index contributed by atoms with van der Waals surface area (Å²) in [6, 6.07) is 19.9. The molecular weight excluding hydrogens is 500 g/mol. The van der Waals surface area contributed by atoms with Crippen molar-refractivity contribution in [3.05, 3.63) is 114 Å². The highest BCUT2D eigenvalue weighted by molar-refractivity contribution is 7.07. The maximum atomic E-state index is 13.9. The molecule has 8 heteroatoms. The van der Waals surface area contributed by atoms with Gasteiger partial charge in [0.05, 0.1) is 40.6 Å². The Morgan fingerprint density at radius 3 is 2.42 bits per heavy atom. The van der Waals surface area contributed by atoms with Crippen LogP contribution in [-0.2, 0) is 14.3 Å². The van der Waals surface area contributed by atoms with Crippen LogP contribution in [0.5, 0.6) is 0 Å². The number of methoxy groups -OCH3 is 1. The summed E-state index contributed by atoms with van der Waals surface area (Å²) in [5.41, 5.74) is 2.45. The van der Waals surface area contributed by atoms with E-state index in [-0.39, 0.29) is 17.2 Å². The molecule has 0 spiro atoms. The van der Waals surface area contributed by atoms with Gasteiger partial charge >= 0.3 is 11.9 Å². The van der Waals surface area contributed by atoms with Crippen LogP contribution in [0.1, 0.15) is 48.3 Å². The smallest absolute Gasteiger partial charge is 0.338 e. The van der Waals surface area contributed by atoms with Gasteiger partial charge in [0.25, 0.3) is 5.56 Å². The number of aromatic nitrogens is 1. The Balaban J connectivity index is 1.72. The first-order valence-electron chi connectivity index (χ1n) is 12.2. The quantitative estimate of drug-likeness (QED) is 0.365. The predicted octanol–water partition coefficient (Wildman–Crippen LogP) is 4.13. The maximum absolute atomic E-state index is 13.9. The average Bonchev–Trinajstić information content (AvgIpc) is 3.21. The van der Waals surface area contributed by atoms with E-state index < -0.39 is 18.0 Å². The van der Waals surface area contributed by atoms with Crippen LogP contribution in [0.2, 0.25) is 0 Å². The van der Waals surface area contributed by atoms with Crippen LogP contribution in [0, 0.1) is 0 Å². The lowest BCUT2D eigenvalue weighted by Crippen LogP contribution is -2.40. The number of nitrogens with zero attached hydrogens (tertiary/aromatic N) is 2. The molecule has 5 rings (SSSR count). The second-order valence-electron chi connectivity index (χ2n) is 9.22. The van der Waals surface area contributed by atoms with E-state index in [4.69, 9.17) is 9.47 Å². The molecule has 1 aliphatic heterocycles. The summed E-state index contributed by atoms with van der Waals surface area (Å²) in [7, 11) is 1.32. The number of carbonyl (C=O) groups is 2. The standard InChI is InChI=1S/C30H26N2O5S/c1-17(2)37-29(35)25-18(3)31-30-32(26(25)20-12-14-21(15-13-20)28(34)36-4)27(33)24(38-30)16-22-10-7-9-19-8-5-6-11-23(19)22/h5-17,26H,1-4H3. The van der Waals surface area contributed by atoms with E-state index in [1.807, 2.05) is 48.5 Å². The first-order chi connectivity index (χ1) is 18.3. The molecule has 2 heterocycles. The van der Waals surface area contributed by atoms with Crippen molar-refractivity contribution in [2.75, 3.05) is 7.11 Å². The molecule has 1 atom stereocenters. The molecule has 1 unspecified atom stereocenters. The Labute approximate surface area is 223 Å². The molecular formula is C30H26N2O5S. The van der Waals surface area contributed by atoms with Gasteiger partial charge in [0.1, 0.15) is 0 Å². The molecule has 0 fully saturated rings. The van der Waals surface area contributed by atoms with Crippen LogP contribution < -0.4 is 14.9 Å². The third-order valence-corrected chi connectivity index (χ3v) is 7.32. The molecule has 1 aromatic heterocycles. The van der Waals surface area contributed by atoms with Crippen molar-refractivity contribution < 1.29 is 19.1 Å². The zero-order valence-corrected chi connectivity index (χ0v) is 22.2. The monoisotopic (exact) mass is 526 g/mol. The van der Waals surface area contributed by atoms with Gasteiger partial charge in [0.15, 0.2) is 4.80 Å². The zero-order valence-electron chi connectivity index (χ0n) is 21.4. The highest BCUT2D eigenvalue weighted by Gasteiger charge is 2.34. The maximum Gasteiger partial charge on any atom is 0.338 e. The fraction of sp³-hybridized carbons (Fsp3) is 0.200. The number of fused-ring (bicyclic) bond motifs is 2. The summed E-state index contributed by atoms with van der Waals surface area (Å²) in [5.74, 6) is -1.01. The Morgan fingerprint density at radius 1 is 1.00 bits per heavy atom. The number of rotatable bonds is 5. The summed E-state index contributed by atoms with van der Waals surface area (Å²) in [6.45, 7) is 5.29. The third kappa shape index (κ3) is 4.59. The molecule has 4 aromatic rings. The van der Waals surface area contributed by atoms with Gasteiger partial charge < -0.3 is 9.47 Å². The van der Waals surface area contributed by atoms with Gasteiger partial charge in [-0.05, 0) is 60.9 Å². The van der Waals surface area contributed by atoms with Gasteiger partial charge in [-0.15, -0.1) is 0 Å². The predicted molar refractivity (Wildman–Crippen MR) is 147 cm³/mol. The number of esters is 2. The average molecular weight is 527 g/mol. The minimum absolute atomic E-state index is 0.258. The number of benzene rings is 3. The first kappa shape index (κ1) is 25.4. The van der Waals surface area contributed by atoms with Gasteiger partial charge in [-0.1, -0.05) is 65.9 Å². The van der Waals surface area contributed by atoms with Crippen molar-refractivity contribution in [3.63, 3.8) is 0 Å². The normalized spacial score (nSPS) is 15.4. The molecule has 0 radical (unpaired) electrons. The Morgan fingerprint density at radius 2 is 1.71 bits per heavy atom. The summed E-state index contributed by atoms with van der Waals surface area (Å²) in [6.07, 6.45) is 1.52. The molecule has 0 aliphatic carbocycles. The molecule has 0 bridgehead atoms. The topological polar surface area (TPSA) is 87.0 Å². The second-order valence-corrected chi connectivity index (χ2v) is 10.2. The van der Waals surface area contributed by atoms with E-state index in [0.717, 1.165) is 16.3 Å². The van der Waals surface area contributed by atoms with E-state index in [0.29, 0.717) is 26.2 Å². The molecule has 0 saturated heterocycles. The van der Waals surface area contributed by atoms with Crippen molar-refractivity contribution in [3.8, 4) is 0 Å². The third-order valence-electron chi connectivity index (χ3n) is 6.34. The van der Waals surface area contributed by atoms with E-state index in [2.05, 4.69) is 4.99 Å². The Hall–Kier alpha value is -4.30. The van der Waals surface area contributed by atoms with Crippen LogP contribution >= 0.6 is 11.3 Å². The van der Waals surface area contributed by atoms with Gasteiger partial charge in [-0.25, -0.2) is 14.6 Å². The second kappa shape index (κ2) is 10.2. The van der Waals surface area contributed by atoms with Crippen LogP contribution in [0.3, 0.4) is 0 Å². The lowest BCUT2D eigenvalue weighted by Gasteiger charge is -2.25.